The maximum Gasteiger partial charge on any atom is 0.338 e. The monoisotopic (exact) mass is 291 g/mol. The molecule has 1 saturated carbocycles. The van der Waals surface area contributed by atoms with Crippen molar-refractivity contribution < 1.29 is 14.3 Å². The van der Waals surface area contributed by atoms with Crippen molar-refractivity contribution in [3.05, 3.63) is 35.4 Å². The molecule has 0 amide bonds. The van der Waals surface area contributed by atoms with Crippen molar-refractivity contribution >= 4 is 5.97 Å². The molecule has 2 atom stereocenters. The highest BCUT2D eigenvalue weighted by Gasteiger charge is 2.48. The minimum Gasteiger partial charge on any atom is -0.465 e. The number of carbonyl (C=O) groups excluding carboxylic acids is 1. The Morgan fingerprint density at radius 1 is 1.38 bits per heavy atom. The van der Waals surface area contributed by atoms with Gasteiger partial charge in [-0.25, -0.2) is 4.79 Å². The summed E-state index contributed by atoms with van der Waals surface area (Å²) in [7, 11) is 1.41. The number of rotatable bonds is 6. The number of benzene rings is 1. The number of methoxy groups -OCH3 is 1. The van der Waals surface area contributed by atoms with Gasteiger partial charge in [0.2, 0.25) is 0 Å². The third-order valence-corrected chi connectivity index (χ3v) is 4.51. The Bertz CT molecular complexity index is 499. The fourth-order valence-electron chi connectivity index (χ4n) is 2.93. The minimum absolute atomic E-state index is 0.121. The van der Waals surface area contributed by atoms with E-state index >= 15 is 0 Å². The quantitative estimate of drug-likeness (QED) is 0.819. The second-order valence-electron chi connectivity index (χ2n) is 6.08. The first-order chi connectivity index (χ1) is 10.0. The average Bonchev–Trinajstić information content (AvgIpc) is 2.49. The Hall–Kier alpha value is -1.39. The van der Waals surface area contributed by atoms with Crippen LogP contribution < -0.4 is 5.32 Å². The molecule has 1 aliphatic rings. The van der Waals surface area contributed by atoms with E-state index in [4.69, 9.17) is 9.47 Å². The van der Waals surface area contributed by atoms with Crippen LogP contribution in [0, 0.1) is 5.41 Å². The normalized spacial score (nSPS) is 23.4. The molecule has 21 heavy (non-hydrogen) atoms. The van der Waals surface area contributed by atoms with Gasteiger partial charge in [-0.2, -0.15) is 0 Å². The molecule has 2 unspecified atom stereocenters. The Balaban J connectivity index is 1.97. The zero-order valence-corrected chi connectivity index (χ0v) is 13.3. The predicted molar refractivity (Wildman–Crippen MR) is 82.2 cm³/mol. The van der Waals surface area contributed by atoms with Crippen LogP contribution in [-0.2, 0) is 16.0 Å². The topological polar surface area (TPSA) is 47.6 Å². The summed E-state index contributed by atoms with van der Waals surface area (Å²) in [6.45, 7) is 7.90. The van der Waals surface area contributed by atoms with Crippen LogP contribution in [0.1, 0.15) is 43.1 Å². The molecule has 0 aliphatic heterocycles. The third-order valence-electron chi connectivity index (χ3n) is 4.51. The van der Waals surface area contributed by atoms with Gasteiger partial charge in [0.05, 0.1) is 18.8 Å². The average molecular weight is 291 g/mol. The van der Waals surface area contributed by atoms with Gasteiger partial charge >= 0.3 is 5.97 Å². The van der Waals surface area contributed by atoms with Gasteiger partial charge in [-0.15, -0.1) is 0 Å². The number of ether oxygens (including phenoxy) is 2. The van der Waals surface area contributed by atoms with Gasteiger partial charge in [-0.05, 0) is 25.0 Å². The molecule has 0 spiro atoms. The predicted octanol–water partition coefficient (Wildman–Crippen LogP) is 2.77. The summed E-state index contributed by atoms with van der Waals surface area (Å²) >= 11 is 0. The van der Waals surface area contributed by atoms with Gasteiger partial charge in [-0.3, -0.25) is 0 Å². The summed E-state index contributed by atoms with van der Waals surface area (Å²) in [6.07, 6.45) is 1.33. The van der Waals surface area contributed by atoms with Crippen molar-refractivity contribution in [2.75, 3.05) is 13.7 Å². The lowest BCUT2D eigenvalue weighted by atomic mass is 9.64. The molecule has 0 bridgehead atoms. The Kier molecular flexibility index (Phi) is 5.01. The third kappa shape index (κ3) is 3.27. The molecule has 4 heteroatoms. The molecule has 1 aromatic carbocycles. The van der Waals surface area contributed by atoms with Crippen LogP contribution in [0.5, 0.6) is 0 Å². The Labute approximate surface area is 126 Å². The van der Waals surface area contributed by atoms with Crippen LogP contribution in [0.3, 0.4) is 0 Å². The van der Waals surface area contributed by atoms with Crippen molar-refractivity contribution in [3.8, 4) is 0 Å². The van der Waals surface area contributed by atoms with Crippen LogP contribution in [0.2, 0.25) is 0 Å². The summed E-state index contributed by atoms with van der Waals surface area (Å²) in [5.41, 5.74) is 1.72. The van der Waals surface area contributed by atoms with Crippen molar-refractivity contribution in [2.24, 2.45) is 5.41 Å². The number of hydrogen-bond donors (Lipinski definition) is 1. The number of carbonyl (C=O) groups is 1. The number of esters is 1. The zero-order valence-electron chi connectivity index (χ0n) is 13.3. The highest BCUT2D eigenvalue weighted by atomic mass is 16.5. The van der Waals surface area contributed by atoms with Crippen LogP contribution in [0.15, 0.2) is 24.3 Å². The lowest BCUT2D eigenvalue weighted by Crippen LogP contribution is -2.60. The van der Waals surface area contributed by atoms with Crippen LogP contribution in [0.4, 0.5) is 0 Å². The van der Waals surface area contributed by atoms with E-state index in [1.807, 2.05) is 25.1 Å². The lowest BCUT2D eigenvalue weighted by molar-refractivity contribution is -0.114. The molecule has 1 aliphatic carbocycles. The highest BCUT2D eigenvalue weighted by Crippen LogP contribution is 2.42. The second kappa shape index (κ2) is 6.58. The van der Waals surface area contributed by atoms with Crippen molar-refractivity contribution in [1.82, 2.24) is 5.32 Å². The van der Waals surface area contributed by atoms with E-state index in [0.29, 0.717) is 24.3 Å². The molecule has 0 heterocycles. The first-order valence-electron chi connectivity index (χ1n) is 7.51. The van der Waals surface area contributed by atoms with Gasteiger partial charge in [-0.1, -0.05) is 32.0 Å². The SMILES string of the molecule is CCOC1CC(NCc2ccccc2C(=O)OC)C1(C)C. The Morgan fingerprint density at radius 3 is 2.71 bits per heavy atom. The lowest BCUT2D eigenvalue weighted by Gasteiger charge is -2.52. The summed E-state index contributed by atoms with van der Waals surface area (Å²) < 4.78 is 10.6. The van der Waals surface area contributed by atoms with Gasteiger partial charge < -0.3 is 14.8 Å². The molecule has 2 rings (SSSR count). The van der Waals surface area contributed by atoms with E-state index in [1.165, 1.54) is 7.11 Å². The van der Waals surface area contributed by atoms with E-state index in [-0.39, 0.29) is 11.4 Å². The molecular formula is C17H25NO3. The second-order valence-corrected chi connectivity index (χ2v) is 6.08. The van der Waals surface area contributed by atoms with Gasteiger partial charge in [0, 0.05) is 24.6 Å². The van der Waals surface area contributed by atoms with E-state index in [1.54, 1.807) is 6.07 Å². The van der Waals surface area contributed by atoms with E-state index < -0.39 is 0 Å². The summed E-state index contributed by atoms with van der Waals surface area (Å²) in [5.74, 6) is -0.285. The molecule has 0 radical (unpaired) electrons. The van der Waals surface area contributed by atoms with Crippen molar-refractivity contribution in [2.45, 2.75) is 45.9 Å². The highest BCUT2D eigenvalue weighted by molar-refractivity contribution is 5.90. The molecule has 4 nitrogen and oxygen atoms in total. The van der Waals surface area contributed by atoms with E-state index in [0.717, 1.165) is 18.6 Å². The fourth-order valence-corrected chi connectivity index (χ4v) is 2.93. The standard InChI is InChI=1S/C17H25NO3/c1-5-21-15-10-14(17(15,2)3)18-11-12-8-6-7-9-13(12)16(19)20-4/h6-9,14-15,18H,5,10-11H2,1-4H3. The van der Waals surface area contributed by atoms with Gasteiger partial charge in [0.25, 0.3) is 0 Å². The number of hydrogen-bond acceptors (Lipinski definition) is 4. The van der Waals surface area contributed by atoms with Crippen LogP contribution in [-0.4, -0.2) is 31.8 Å². The largest absolute Gasteiger partial charge is 0.465 e. The summed E-state index contributed by atoms with van der Waals surface area (Å²) in [4.78, 5) is 11.8. The smallest absolute Gasteiger partial charge is 0.338 e. The minimum atomic E-state index is -0.285. The maximum atomic E-state index is 11.8. The molecule has 1 aromatic rings. The summed E-state index contributed by atoms with van der Waals surface area (Å²) in [5, 5.41) is 3.55. The zero-order chi connectivity index (χ0) is 15.5. The molecule has 0 saturated heterocycles. The van der Waals surface area contributed by atoms with Crippen LogP contribution >= 0.6 is 0 Å². The molecule has 116 valence electrons. The van der Waals surface area contributed by atoms with E-state index in [2.05, 4.69) is 19.2 Å². The van der Waals surface area contributed by atoms with Crippen molar-refractivity contribution in [1.29, 1.82) is 0 Å². The molecule has 1 fully saturated rings. The van der Waals surface area contributed by atoms with Crippen LogP contribution in [0.25, 0.3) is 0 Å². The van der Waals surface area contributed by atoms with Gasteiger partial charge in [0.15, 0.2) is 0 Å². The fraction of sp³-hybridized carbons (Fsp3) is 0.588. The molecule has 1 N–H and O–H groups in total. The first-order valence-corrected chi connectivity index (χ1v) is 7.51. The Morgan fingerprint density at radius 2 is 2.10 bits per heavy atom. The first kappa shape index (κ1) is 16.0. The molecule has 0 aromatic heterocycles. The van der Waals surface area contributed by atoms with Gasteiger partial charge in [0.1, 0.15) is 0 Å². The summed E-state index contributed by atoms with van der Waals surface area (Å²) in [6, 6.07) is 7.97. The van der Waals surface area contributed by atoms with E-state index in [9.17, 15) is 4.79 Å². The maximum absolute atomic E-state index is 11.8. The van der Waals surface area contributed by atoms with Crippen molar-refractivity contribution in [3.63, 3.8) is 0 Å². The molecular weight excluding hydrogens is 266 g/mol. The number of nitrogens with one attached hydrogen (secondary N) is 1.